The maximum absolute atomic E-state index is 12.0. The molecule has 0 amide bonds. The number of ketones is 1. The molecule has 2 saturated carbocycles. The third-order valence-corrected chi connectivity index (χ3v) is 3.78. The number of Topliss-reactive ketones (excluding diaryl/α,β-unsaturated/α-hetero) is 1. The number of ether oxygens (including phenoxy) is 1. The Hall–Kier alpha value is -1.38. The number of carbonyl (C=O) groups is 2. The van der Waals surface area contributed by atoms with Crippen LogP contribution in [-0.4, -0.2) is 18.4 Å². The molecule has 3 atom stereocenters. The average Bonchev–Trinajstić information content (AvgIpc) is 2.80. The molecular weight excluding hydrogens is 216 g/mol. The zero-order valence-electron chi connectivity index (χ0n) is 10.4. The molecule has 0 aromatic heterocycles. The van der Waals surface area contributed by atoms with Crippen molar-refractivity contribution < 1.29 is 14.3 Å². The topological polar surface area (TPSA) is 43.4 Å². The Morgan fingerprint density at radius 3 is 2.94 bits per heavy atom. The highest BCUT2D eigenvalue weighted by molar-refractivity contribution is 6.10. The summed E-state index contributed by atoms with van der Waals surface area (Å²) in [6, 6.07) is 0. The Morgan fingerprint density at radius 1 is 1.65 bits per heavy atom. The predicted molar refractivity (Wildman–Crippen MR) is 64.2 cm³/mol. The van der Waals surface area contributed by atoms with Gasteiger partial charge in [-0.3, -0.25) is 9.59 Å². The molecule has 17 heavy (non-hydrogen) atoms. The quantitative estimate of drug-likeness (QED) is 0.426. The van der Waals surface area contributed by atoms with Crippen LogP contribution in [0.1, 0.15) is 26.7 Å². The van der Waals surface area contributed by atoms with Gasteiger partial charge in [0, 0.05) is 12.3 Å². The highest BCUT2D eigenvalue weighted by atomic mass is 16.5. The smallest absolute Gasteiger partial charge is 0.320 e. The van der Waals surface area contributed by atoms with Crippen LogP contribution in [0, 0.1) is 17.3 Å². The van der Waals surface area contributed by atoms with Crippen LogP contribution in [0.4, 0.5) is 0 Å². The minimum atomic E-state index is -0.845. The molecule has 3 nitrogen and oxygen atoms in total. The summed E-state index contributed by atoms with van der Waals surface area (Å²) < 4.78 is 5.06. The van der Waals surface area contributed by atoms with Crippen molar-refractivity contribution in [1.82, 2.24) is 0 Å². The van der Waals surface area contributed by atoms with Gasteiger partial charge in [0.25, 0.3) is 0 Å². The standard InChI is InChI=1S/C14H18O3/c1-4-17-13(16)14-10(6-5-9(2)3)11(14)7-8-12(14)15/h5-6,10-11H,2,4,7-8H2,1,3H3/b6-5+. The zero-order chi connectivity index (χ0) is 12.6. The molecule has 0 aromatic carbocycles. The lowest BCUT2D eigenvalue weighted by atomic mass is 9.98. The Labute approximate surface area is 102 Å². The largest absolute Gasteiger partial charge is 0.465 e. The van der Waals surface area contributed by atoms with Gasteiger partial charge in [0.2, 0.25) is 0 Å². The molecule has 2 aliphatic carbocycles. The highest BCUT2D eigenvalue weighted by Gasteiger charge is 2.76. The fourth-order valence-electron chi connectivity index (χ4n) is 2.99. The van der Waals surface area contributed by atoms with Gasteiger partial charge in [0.1, 0.15) is 5.41 Å². The van der Waals surface area contributed by atoms with E-state index in [1.54, 1.807) is 6.92 Å². The molecule has 0 N–H and O–H groups in total. The zero-order valence-corrected chi connectivity index (χ0v) is 10.4. The summed E-state index contributed by atoms with van der Waals surface area (Å²) in [5.41, 5.74) is 0.0866. The van der Waals surface area contributed by atoms with Crippen molar-refractivity contribution in [1.29, 1.82) is 0 Å². The van der Waals surface area contributed by atoms with E-state index in [1.165, 1.54) is 0 Å². The van der Waals surface area contributed by atoms with Crippen LogP contribution in [0.15, 0.2) is 24.3 Å². The molecule has 2 fully saturated rings. The Balaban J connectivity index is 2.20. The molecule has 3 heteroatoms. The first-order valence-corrected chi connectivity index (χ1v) is 6.09. The molecule has 2 rings (SSSR count). The summed E-state index contributed by atoms with van der Waals surface area (Å²) in [6.45, 7) is 7.78. The fourth-order valence-corrected chi connectivity index (χ4v) is 2.99. The average molecular weight is 234 g/mol. The van der Waals surface area contributed by atoms with Gasteiger partial charge in [-0.25, -0.2) is 0 Å². The molecule has 2 aliphatic rings. The third-order valence-electron chi connectivity index (χ3n) is 3.78. The maximum Gasteiger partial charge on any atom is 0.320 e. The molecule has 92 valence electrons. The minimum Gasteiger partial charge on any atom is -0.465 e. The van der Waals surface area contributed by atoms with Gasteiger partial charge in [0.15, 0.2) is 5.78 Å². The van der Waals surface area contributed by atoms with E-state index < -0.39 is 5.41 Å². The number of allylic oxidation sites excluding steroid dienone is 3. The normalized spacial score (nSPS) is 34.8. The van der Waals surface area contributed by atoms with Crippen molar-refractivity contribution in [3.05, 3.63) is 24.3 Å². The summed E-state index contributed by atoms with van der Waals surface area (Å²) in [7, 11) is 0. The third kappa shape index (κ3) is 1.65. The van der Waals surface area contributed by atoms with Gasteiger partial charge in [-0.2, -0.15) is 0 Å². The second-order valence-corrected chi connectivity index (χ2v) is 4.89. The molecule has 0 aliphatic heterocycles. The van der Waals surface area contributed by atoms with Crippen molar-refractivity contribution in [2.45, 2.75) is 26.7 Å². The van der Waals surface area contributed by atoms with Crippen LogP contribution in [0.3, 0.4) is 0 Å². The summed E-state index contributed by atoms with van der Waals surface area (Å²) in [4.78, 5) is 23.9. The molecule has 3 unspecified atom stereocenters. The van der Waals surface area contributed by atoms with E-state index in [4.69, 9.17) is 4.74 Å². The molecule has 0 spiro atoms. The van der Waals surface area contributed by atoms with Crippen LogP contribution in [-0.2, 0) is 14.3 Å². The second kappa shape index (κ2) is 4.13. The Morgan fingerprint density at radius 2 is 2.35 bits per heavy atom. The van der Waals surface area contributed by atoms with Crippen LogP contribution in [0.5, 0.6) is 0 Å². The second-order valence-electron chi connectivity index (χ2n) is 4.89. The number of hydrogen-bond donors (Lipinski definition) is 0. The molecule has 0 bridgehead atoms. The van der Waals surface area contributed by atoms with Crippen molar-refractivity contribution in [3.8, 4) is 0 Å². The summed E-state index contributed by atoms with van der Waals surface area (Å²) in [5.74, 6) is -0.0923. The first-order chi connectivity index (χ1) is 8.05. The van der Waals surface area contributed by atoms with E-state index in [0.717, 1.165) is 12.0 Å². The van der Waals surface area contributed by atoms with Crippen molar-refractivity contribution in [3.63, 3.8) is 0 Å². The van der Waals surface area contributed by atoms with Gasteiger partial charge in [0.05, 0.1) is 6.61 Å². The molecule has 0 saturated heterocycles. The fraction of sp³-hybridized carbons (Fsp3) is 0.571. The molecular formula is C14H18O3. The molecule has 0 aromatic rings. The molecule has 0 heterocycles. The Bertz CT molecular complexity index is 408. The lowest BCUT2D eigenvalue weighted by Crippen LogP contribution is -2.28. The number of rotatable bonds is 4. The Kier molecular flexibility index (Phi) is 2.94. The van der Waals surface area contributed by atoms with Crippen LogP contribution >= 0.6 is 0 Å². The van der Waals surface area contributed by atoms with Crippen molar-refractivity contribution in [2.75, 3.05) is 6.61 Å². The van der Waals surface area contributed by atoms with E-state index in [-0.39, 0.29) is 23.6 Å². The van der Waals surface area contributed by atoms with E-state index in [9.17, 15) is 9.59 Å². The first-order valence-electron chi connectivity index (χ1n) is 6.09. The van der Waals surface area contributed by atoms with Gasteiger partial charge in [-0.05, 0) is 26.2 Å². The van der Waals surface area contributed by atoms with E-state index in [0.29, 0.717) is 13.0 Å². The summed E-state index contributed by atoms with van der Waals surface area (Å²) in [6.07, 6.45) is 5.15. The lowest BCUT2D eigenvalue weighted by molar-refractivity contribution is -0.153. The summed E-state index contributed by atoms with van der Waals surface area (Å²) >= 11 is 0. The summed E-state index contributed by atoms with van der Waals surface area (Å²) in [5, 5.41) is 0. The van der Waals surface area contributed by atoms with Gasteiger partial charge in [-0.15, -0.1) is 0 Å². The predicted octanol–water partition coefficient (Wildman–Crippen LogP) is 2.28. The highest BCUT2D eigenvalue weighted by Crippen LogP contribution is 2.67. The van der Waals surface area contributed by atoms with Crippen molar-refractivity contribution in [2.24, 2.45) is 17.3 Å². The number of esters is 1. The number of hydrogen-bond acceptors (Lipinski definition) is 3. The maximum atomic E-state index is 12.0. The van der Waals surface area contributed by atoms with Crippen LogP contribution in [0.25, 0.3) is 0 Å². The number of fused-ring (bicyclic) bond motifs is 1. The van der Waals surface area contributed by atoms with E-state index >= 15 is 0 Å². The first kappa shape index (κ1) is 12.1. The van der Waals surface area contributed by atoms with Gasteiger partial charge in [-0.1, -0.05) is 24.3 Å². The number of carbonyl (C=O) groups excluding carboxylic acids is 2. The van der Waals surface area contributed by atoms with Gasteiger partial charge < -0.3 is 4.74 Å². The van der Waals surface area contributed by atoms with E-state index in [2.05, 4.69) is 6.58 Å². The van der Waals surface area contributed by atoms with Gasteiger partial charge >= 0.3 is 5.97 Å². The van der Waals surface area contributed by atoms with Crippen molar-refractivity contribution >= 4 is 11.8 Å². The lowest BCUT2D eigenvalue weighted by Gasteiger charge is -2.11. The van der Waals surface area contributed by atoms with E-state index in [1.807, 2.05) is 19.1 Å². The van der Waals surface area contributed by atoms with Crippen LogP contribution in [0.2, 0.25) is 0 Å². The van der Waals surface area contributed by atoms with Crippen LogP contribution < -0.4 is 0 Å². The monoisotopic (exact) mass is 234 g/mol. The minimum absolute atomic E-state index is 0.0273. The molecule has 0 radical (unpaired) electrons. The SMILES string of the molecule is C=C(C)/C=C/C1C2CCC(=O)C12C(=O)OCC.